The molecule has 0 radical (unpaired) electrons. The van der Waals surface area contributed by atoms with E-state index in [0.717, 1.165) is 36.6 Å². The van der Waals surface area contributed by atoms with Crippen LogP contribution >= 0.6 is 0 Å². The summed E-state index contributed by atoms with van der Waals surface area (Å²) in [6.45, 7) is 6.79. The zero-order valence-corrected chi connectivity index (χ0v) is 12.8. The fourth-order valence-corrected chi connectivity index (χ4v) is 3.69. The Morgan fingerprint density at radius 3 is 2.55 bits per heavy atom. The van der Waals surface area contributed by atoms with Gasteiger partial charge < -0.3 is 9.84 Å². The molecule has 3 rings (SSSR count). The number of piperidine rings is 1. The largest absolute Gasteiger partial charge is 0.339 e. The third-order valence-electron chi connectivity index (χ3n) is 5.18. The van der Waals surface area contributed by atoms with Crippen LogP contribution in [0.1, 0.15) is 75.9 Å². The van der Waals surface area contributed by atoms with E-state index >= 15 is 0 Å². The highest BCUT2D eigenvalue weighted by molar-refractivity contribution is 5.02. The minimum atomic E-state index is 0.428. The lowest BCUT2D eigenvalue weighted by atomic mass is 9.77. The second-order valence-corrected chi connectivity index (χ2v) is 6.89. The minimum absolute atomic E-state index is 0.428. The molecular formula is C16H27N3O. The fourth-order valence-electron chi connectivity index (χ4n) is 3.69. The van der Waals surface area contributed by atoms with E-state index in [1.165, 1.54) is 38.5 Å². The van der Waals surface area contributed by atoms with Crippen LogP contribution in [0.15, 0.2) is 4.52 Å². The van der Waals surface area contributed by atoms with Crippen LogP contribution in [0.25, 0.3) is 0 Å². The number of hydrogen-bond acceptors (Lipinski definition) is 4. The van der Waals surface area contributed by atoms with Crippen molar-refractivity contribution in [2.45, 2.75) is 64.2 Å². The Kier molecular flexibility index (Phi) is 4.39. The van der Waals surface area contributed by atoms with Crippen molar-refractivity contribution in [2.75, 3.05) is 13.1 Å². The molecule has 2 heterocycles. The van der Waals surface area contributed by atoms with Crippen LogP contribution in [0.5, 0.6) is 0 Å². The molecule has 2 fully saturated rings. The average Bonchev–Trinajstić information content (AvgIpc) is 2.98. The smallest absolute Gasteiger partial charge is 0.231 e. The SMILES string of the molecule is CC(C)C1CCC(c2noc([C@@H]3CCCNC3)n2)CC1. The van der Waals surface area contributed by atoms with Gasteiger partial charge in [0.25, 0.3) is 0 Å². The van der Waals surface area contributed by atoms with E-state index in [2.05, 4.69) is 24.3 Å². The van der Waals surface area contributed by atoms with Crippen LogP contribution in [0.4, 0.5) is 0 Å². The molecule has 4 nitrogen and oxygen atoms in total. The second-order valence-electron chi connectivity index (χ2n) is 6.89. The summed E-state index contributed by atoms with van der Waals surface area (Å²) in [5, 5.41) is 7.68. The van der Waals surface area contributed by atoms with Crippen molar-refractivity contribution in [3.05, 3.63) is 11.7 Å². The van der Waals surface area contributed by atoms with E-state index in [1.54, 1.807) is 0 Å². The van der Waals surface area contributed by atoms with E-state index in [9.17, 15) is 0 Å². The predicted octanol–water partition coefficient (Wildman–Crippen LogP) is 3.47. The molecule has 0 amide bonds. The van der Waals surface area contributed by atoms with Gasteiger partial charge in [-0.1, -0.05) is 19.0 Å². The van der Waals surface area contributed by atoms with Crippen LogP contribution in [0.2, 0.25) is 0 Å². The predicted molar refractivity (Wildman–Crippen MR) is 78.7 cm³/mol. The molecule has 1 saturated heterocycles. The average molecular weight is 277 g/mol. The molecule has 112 valence electrons. The first-order chi connectivity index (χ1) is 9.74. The fraction of sp³-hybridized carbons (Fsp3) is 0.875. The van der Waals surface area contributed by atoms with E-state index < -0.39 is 0 Å². The third-order valence-corrected chi connectivity index (χ3v) is 5.18. The van der Waals surface area contributed by atoms with Crippen molar-refractivity contribution in [3.8, 4) is 0 Å². The number of aromatic nitrogens is 2. The van der Waals surface area contributed by atoms with Gasteiger partial charge in [0.1, 0.15) is 0 Å². The maximum Gasteiger partial charge on any atom is 0.231 e. The first kappa shape index (κ1) is 14.1. The standard InChI is InChI=1S/C16H27N3O/c1-11(2)12-5-7-13(8-6-12)15-18-16(20-19-15)14-4-3-9-17-10-14/h11-14,17H,3-10H2,1-2H3/t12?,13?,14-/m1/s1. The highest BCUT2D eigenvalue weighted by Gasteiger charge is 2.28. The topological polar surface area (TPSA) is 51.0 Å². The van der Waals surface area contributed by atoms with Gasteiger partial charge >= 0.3 is 0 Å². The molecule has 0 bridgehead atoms. The molecule has 0 spiro atoms. The summed E-state index contributed by atoms with van der Waals surface area (Å²) in [6.07, 6.45) is 7.47. The first-order valence-electron chi connectivity index (χ1n) is 8.28. The summed E-state index contributed by atoms with van der Waals surface area (Å²) in [4.78, 5) is 4.71. The zero-order valence-electron chi connectivity index (χ0n) is 12.8. The van der Waals surface area contributed by atoms with Crippen LogP contribution < -0.4 is 5.32 Å². The molecule has 1 aliphatic heterocycles. The molecule has 20 heavy (non-hydrogen) atoms. The third kappa shape index (κ3) is 3.05. The van der Waals surface area contributed by atoms with Gasteiger partial charge in [0.15, 0.2) is 5.82 Å². The lowest BCUT2D eigenvalue weighted by Gasteiger charge is -2.29. The zero-order chi connectivity index (χ0) is 13.9. The molecular weight excluding hydrogens is 250 g/mol. The van der Waals surface area contributed by atoms with E-state index in [0.29, 0.717) is 11.8 Å². The maximum atomic E-state index is 5.53. The highest BCUT2D eigenvalue weighted by atomic mass is 16.5. The molecule has 4 heteroatoms. The Labute approximate surface area is 121 Å². The summed E-state index contributed by atoms with van der Waals surface area (Å²) < 4.78 is 5.53. The van der Waals surface area contributed by atoms with Crippen molar-refractivity contribution in [3.63, 3.8) is 0 Å². The quantitative estimate of drug-likeness (QED) is 0.919. The second kappa shape index (κ2) is 6.25. The van der Waals surface area contributed by atoms with Crippen LogP contribution in [-0.2, 0) is 0 Å². The Hall–Kier alpha value is -0.900. The normalized spacial score (nSPS) is 31.6. The maximum absolute atomic E-state index is 5.53. The number of nitrogens with one attached hydrogen (secondary N) is 1. The monoisotopic (exact) mass is 277 g/mol. The Balaban J connectivity index is 1.60. The van der Waals surface area contributed by atoms with E-state index in [1.807, 2.05) is 0 Å². The molecule has 0 aromatic carbocycles. The molecule has 1 saturated carbocycles. The van der Waals surface area contributed by atoms with Gasteiger partial charge in [0, 0.05) is 12.5 Å². The highest BCUT2D eigenvalue weighted by Crippen LogP contribution is 2.38. The molecule has 1 atom stereocenters. The van der Waals surface area contributed by atoms with Gasteiger partial charge in [-0.3, -0.25) is 0 Å². The first-order valence-corrected chi connectivity index (χ1v) is 8.28. The Bertz CT molecular complexity index is 415. The van der Waals surface area contributed by atoms with Crippen LogP contribution in [0.3, 0.4) is 0 Å². The molecule has 1 aromatic heterocycles. The molecule has 1 N–H and O–H groups in total. The lowest BCUT2D eigenvalue weighted by Crippen LogP contribution is -2.28. The van der Waals surface area contributed by atoms with E-state index in [4.69, 9.17) is 9.51 Å². The summed E-state index contributed by atoms with van der Waals surface area (Å²) in [6, 6.07) is 0. The number of hydrogen-bond donors (Lipinski definition) is 1. The Morgan fingerprint density at radius 2 is 1.90 bits per heavy atom. The Morgan fingerprint density at radius 1 is 1.10 bits per heavy atom. The van der Waals surface area contributed by atoms with Gasteiger partial charge in [-0.05, 0) is 56.9 Å². The van der Waals surface area contributed by atoms with Crippen molar-refractivity contribution in [1.29, 1.82) is 0 Å². The van der Waals surface area contributed by atoms with Gasteiger partial charge in [-0.2, -0.15) is 4.98 Å². The van der Waals surface area contributed by atoms with Crippen LogP contribution in [0, 0.1) is 11.8 Å². The summed E-state index contributed by atoms with van der Waals surface area (Å²) >= 11 is 0. The summed E-state index contributed by atoms with van der Waals surface area (Å²) in [5.41, 5.74) is 0. The molecule has 1 aliphatic carbocycles. The minimum Gasteiger partial charge on any atom is -0.339 e. The molecule has 0 unspecified atom stereocenters. The van der Waals surface area contributed by atoms with Crippen molar-refractivity contribution in [1.82, 2.24) is 15.5 Å². The van der Waals surface area contributed by atoms with Gasteiger partial charge in [0.05, 0.1) is 5.92 Å². The van der Waals surface area contributed by atoms with E-state index in [-0.39, 0.29) is 0 Å². The molecule has 1 aromatic rings. The van der Waals surface area contributed by atoms with Gasteiger partial charge in [-0.15, -0.1) is 0 Å². The molecule has 2 aliphatic rings. The van der Waals surface area contributed by atoms with Crippen molar-refractivity contribution < 1.29 is 4.52 Å². The van der Waals surface area contributed by atoms with Crippen LogP contribution in [-0.4, -0.2) is 23.2 Å². The number of rotatable bonds is 3. The lowest BCUT2D eigenvalue weighted by molar-refractivity contribution is 0.251. The van der Waals surface area contributed by atoms with Gasteiger partial charge in [0.2, 0.25) is 5.89 Å². The van der Waals surface area contributed by atoms with Gasteiger partial charge in [-0.25, -0.2) is 0 Å². The summed E-state index contributed by atoms with van der Waals surface area (Å²) in [7, 11) is 0. The van der Waals surface area contributed by atoms with Crippen molar-refractivity contribution >= 4 is 0 Å². The number of nitrogens with zero attached hydrogens (tertiary/aromatic N) is 2. The van der Waals surface area contributed by atoms with Crippen molar-refractivity contribution in [2.24, 2.45) is 11.8 Å². The summed E-state index contributed by atoms with van der Waals surface area (Å²) in [5.74, 6) is 4.48.